The maximum Gasteiger partial charge on any atom is 0.306 e. The van der Waals surface area contributed by atoms with Gasteiger partial charge in [-0.25, -0.2) is 26.3 Å². The van der Waals surface area contributed by atoms with Crippen molar-refractivity contribution in [2.75, 3.05) is 72.0 Å². The van der Waals surface area contributed by atoms with Crippen LogP contribution in [0.2, 0.25) is 0 Å². The van der Waals surface area contributed by atoms with Gasteiger partial charge < -0.3 is 40.3 Å². The number of rotatable bonds is 12. The molecule has 20 heteroatoms. The normalized spacial score (nSPS) is 24.7. The number of carboxylic acids is 1. The summed E-state index contributed by atoms with van der Waals surface area (Å²) in [6, 6.07) is 15.8. The first-order valence-corrected chi connectivity index (χ1v) is 30.2. The van der Waals surface area contributed by atoms with Crippen molar-refractivity contribution in [3.05, 3.63) is 48.5 Å². The first kappa shape index (κ1) is 66.2. The molecule has 4 atom stereocenters. The Kier molecular flexibility index (Phi) is 28.4. The van der Waals surface area contributed by atoms with Crippen LogP contribution in [0, 0.1) is 11.8 Å². The lowest BCUT2D eigenvalue weighted by atomic mass is 9.86. The van der Waals surface area contributed by atoms with Gasteiger partial charge in [-0.3, -0.25) is 9.59 Å². The molecule has 4 aliphatic rings. The van der Waals surface area contributed by atoms with Crippen LogP contribution >= 0.6 is 23.2 Å². The summed E-state index contributed by atoms with van der Waals surface area (Å²) in [5, 5.41) is 12.1. The Balaban J connectivity index is 0.000000366. The van der Waals surface area contributed by atoms with Crippen LogP contribution in [0.1, 0.15) is 141 Å². The van der Waals surface area contributed by atoms with Gasteiger partial charge in [0, 0.05) is 66.9 Å². The van der Waals surface area contributed by atoms with Crippen LogP contribution in [-0.2, 0) is 39.1 Å². The molecule has 0 spiro atoms. The fourth-order valence-electron chi connectivity index (χ4n) is 8.86. The molecule has 16 nitrogen and oxygen atoms in total. The van der Waals surface area contributed by atoms with Gasteiger partial charge in [-0.05, 0) is 189 Å². The summed E-state index contributed by atoms with van der Waals surface area (Å²) in [6.07, 6.45) is 6.03. The lowest BCUT2D eigenvalue weighted by Crippen LogP contribution is -2.46. The zero-order valence-corrected chi connectivity index (χ0v) is 49.4. The number of alkyl halides is 2. The summed E-state index contributed by atoms with van der Waals surface area (Å²) in [5.41, 5.74) is 9.63. The molecule has 73 heavy (non-hydrogen) atoms. The van der Waals surface area contributed by atoms with Crippen molar-refractivity contribution in [1.82, 2.24) is 14.3 Å². The molecule has 420 valence electrons. The lowest BCUT2D eigenvalue weighted by Gasteiger charge is -2.37. The number of carbonyl (C=O) groups excluding carboxylic acids is 1. The summed E-state index contributed by atoms with van der Waals surface area (Å²) in [5.74, 6) is -1.16. The Labute approximate surface area is 450 Å². The Morgan fingerprint density at radius 1 is 0.616 bits per heavy atom. The summed E-state index contributed by atoms with van der Waals surface area (Å²) in [7, 11) is -6.70. The van der Waals surface area contributed by atoms with Crippen LogP contribution in [0.25, 0.3) is 0 Å². The average Bonchev–Trinajstić information content (AvgIpc) is 3.30. The molecule has 2 aromatic rings. The third-order valence-electron chi connectivity index (χ3n) is 13.4. The first-order valence-electron chi connectivity index (χ1n) is 26.2. The number of carboxylic acid groups (broad SMARTS) is 1. The highest BCUT2D eigenvalue weighted by Gasteiger charge is 2.36. The molecule has 2 heterocycles. The second-order valence-corrected chi connectivity index (χ2v) is 27.3. The van der Waals surface area contributed by atoms with Crippen LogP contribution in [0.15, 0.2) is 48.5 Å². The lowest BCUT2D eigenvalue weighted by molar-refractivity contribution is -0.142. The van der Waals surface area contributed by atoms with Crippen molar-refractivity contribution in [2.24, 2.45) is 11.8 Å². The van der Waals surface area contributed by atoms with E-state index in [1.54, 1.807) is 41.5 Å². The van der Waals surface area contributed by atoms with E-state index in [-0.39, 0.29) is 47.4 Å². The number of halogens is 2. The van der Waals surface area contributed by atoms with Gasteiger partial charge in [-0.2, -0.15) is 0 Å². The zero-order chi connectivity index (χ0) is 55.3. The molecule has 1 amide bonds. The molecule has 2 aliphatic heterocycles. The fraction of sp³-hybridized carbons (Fsp3) is 0.736. The third kappa shape index (κ3) is 23.5. The Bertz CT molecular complexity index is 2100. The molecular weight excluding hydrogens is 1010 g/mol. The van der Waals surface area contributed by atoms with Crippen LogP contribution in [0.4, 0.5) is 22.7 Å². The Hall–Kier alpha value is -2.94. The number of ether oxygens (including phenoxy) is 2. The minimum atomic E-state index is -3.37. The summed E-state index contributed by atoms with van der Waals surface area (Å²) in [4.78, 5) is 30.5. The monoisotopic (exact) mass is 1110 g/mol. The molecule has 2 saturated heterocycles. The number of nitrogen functional groups attached to an aromatic ring is 1. The Morgan fingerprint density at radius 3 is 1.22 bits per heavy atom. The third-order valence-corrected chi connectivity index (χ3v) is 17.9. The van der Waals surface area contributed by atoms with E-state index in [2.05, 4.69) is 90.1 Å². The highest BCUT2D eigenvalue weighted by Crippen LogP contribution is 2.30. The smallest absolute Gasteiger partial charge is 0.306 e. The van der Waals surface area contributed by atoms with E-state index in [4.69, 9.17) is 43.5 Å². The molecule has 0 aromatic heterocycles. The van der Waals surface area contributed by atoms with E-state index in [0.29, 0.717) is 63.6 Å². The van der Waals surface area contributed by atoms with Crippen LogP contribution in [0.3, 0.4) is 0 Å². The predicted molar refractivity (Wildman–Crippen MR) is 303 cm³/mol. The van der Waals surface area contributed by atoms with E-state index in [1.807, 2.05) is 36.4 Å². The van der Waals surface area contributed by atoms with Crippen LogP contribution in [0.5, 0.6) is 0 Å². The number of anilines is 4. The largest absolute Gasteiger partial charge is 0.481 e. The van der Waals surface area contributed by atoms with Gasteiger partial charge >= 0.3 is 5.97 Å². The number of amides is 1. The molecule has 0 bridgehead atoms. The van der Waals surface area contributed by atoms with Gasteiger partial charge in [0.1, 0.15) is 0 Å². The van der Waals surface area contributed by atoms with Crippen LogP contribution < -0.4 is 30.3 Å². The van der Waals surface area contributed by atoms with Gasteiger partial charge in [0.15, 0.2) is 0 Å². The number of sulfonamides is 2. The van der Waals surface area contributed by atoms with Gasteiger partial charge in [0.2, 0.25) is 26.0 Å². The number of benzene rings is 2. The van der Waals surface area contributed by atoms with Crippen LogP contribution in [-0.4, -0.2) is 136 Å². The SMILES string of the molecule is CC(C)(C)S(=O)(=O)NC1CCC(C(=O)O)CC1.CC1CN(c2ccc(N)cc2)C[C@H](C)O1.CC1CN(c2ccc(NC(=O)C3CCC(NS(=O)(=O)C(C)(C)C)CC3)cc2)C[C@H](C)O1.CCN(CC)CC.ClCCl. The van der Waals surface area contributed by atoms with Gasteiger partial charge in [-0.15, -0.1) is 23.2 Å². The predicted octanol–water partition coefficient (Wildman–Crippen LogP) is 9.52. The second kappa shape index (κ2) is 31.3. The van der Waals surface area contributed by atoms with E-state index in [0.717, 1.165) is 43.2 Å². The molecule has 2 aromatic carbocycles. The molecule has 4 fully saturated rings. The minimum absolute atomic E-state index is 0.0125. The second-order valence-electron chi connectivity index (χ2n) is 21.6. The molecular formula is C53H93Cl2N7O9S2. The number of nitrogens with one attached hydrogen (secondary N) is 3. The maximum absolute atomic E-state index is 12.7. The number of hydrogen-bond acceptors (Lipinski definition) is 12. The van der Waals surface area contributed by atoms with E-state index in [9.17, 15) is 26.4 Å². The van der Waals surface area contributed by atoms with E-state index >= 15 is 0 Å². The van der Waals surface area contributed by atoms with E-state index < -0.39 is 35.5 Å². The highest BCUT2D eigenvalue weighted by atomic mass is 35.5. The quantitative estimate of drug-likeness (QED) is 0.0991. The fourth-order valence-corrected chi connectivity index (χ4v) is 10.9. The minimum Gasteiger partial charge on any atom is -0.481 e. The molecule has 2 saturated carbocycles. The number of aliphatic carboxylic acids is 1. The molecule has 6 rings (SSSR count). The Morgan fingerprint density at radius 2 is 0.932 bits per heavy atom. The van der Waals surface area contributed by atoms with Crippen molar-refractivity contribution >= 4 is 77.9 Å². The molecule has 6 N–H and O–H groups in total. The molecule has 2 unspecified atom stereocenters. The molecule has 0 radical (unpaired) electrons. The van der Waals surface area contributed by atoms with Crippen molar-refractivity contribution in [3.8, 4) is 0 Å². The number of morpholine rings is 2. The maximum atomic E-state index is 12.7. The topological polar surface area (TPSA) is 213 Å². The summed E-state index contributed by atoms with van der Waals surface area (Å²) >= 11 is 9.53. The van der Waals surface area contributed by atoms with Crippen molar-refractivity contribution in [3.63, 3.8) is 0 Å². The van der Waals surface area contributed by atoms with Crippen molar-refractivity contribution < 1.29 is 41.0 Å². The highest BCUT2D eigenvalue weighted by molar-refractivity contribution is 7.91. The number of nitrogens with two attached hydrogens (primary N) is 1. The van der Waals surface area contributed by atoms with Gasteiger partial charge in [0.05, 0.1) is 45.2 Å². The van der Waals surface area contributed by atoms with Gasteiger partial charge in [-0.1, -0.05) is 20.8 Å². The first-order chi connectivity index (χ1) is 34.0. The number of nitrogens with zero attached hydrogens (tertiary/aromatic N) is 3. The van der Waals surface area contributed by atoms with E-state index in [1.165, 1.54) is 25.3 Å². The van der Waals surface area contributed by atoms with Crippen molar-refractivity contribution in [2.45, 2.75) is 187 Å². The van der Waals surface area contributed by atoms with Gasteiger partial charge in [0.25, 0.3) is 0 Å². The molecule has 2 aliphatic carbocycles. The zero-order valence-electron chi connectivity index (χ0n) is 46.3. The number of hydrogen-bond donors (Lipinski definition) is 5. The summed E-state index contributed by atoms with van der Waals surface area (Å²) < 4.78 is 63.9. The number of carbonyl (C=O) groups is 2. The van der Waals surface area contributed by atoms with Crippen molar-refractivity contribution in [1.29, 1.82) is 0 Å². The standard InChI is InChI=1S/C23H37N3O4S.C12H18N2O.C11H21NO4S.C6H15N.CH2Cl2/c1-16-14-26(15-17(2)30-16)21-12-10-19(11-13-21)24-22(27)18-6-8-20(9-7-18)25-31(28,29)23(3,4)5;1-9-7-14(8-10(2)15-9)12-5-3-11(13)4-6-12;1-11(2,3)17(15,16)12-9-6-4-8(5-7-9)10(13)14;1-4-7(5-2)6-3;2-1-3/h10-13,16-18,20,25H,6-9,14-15H2,1-5H3,(H,24,27);3-6,9-10H,7-8,13H2,1-2H3;8-9,12H,4-7H2,1-3H3,(H,13,14);4-6H2,1-3H3;1H2/t16-,17?,18?,20?;9-,10?;;;/m00.../s1. The average molecular weight is 1110 g/mol. The summed E-state index contributed by atoms with van der Waals surface area (Å²) in [6.45, 7) is 32.2.